The summed E-state index contributed by atoms with van der Waals surface area (Å²) in [6.07, 6.45) is 0. The summed E-state index contributed by atoms with van der Waals surface area (Å²) in [6.45, 7) is 1.96. The molecule has 0 saturated carbocycles. The van der Waals surface area contributed by atoms with Crippen molar-refractivity contribution in [2.45, 2.75) is 6.92 Å². The highest BCUT2D eigenvalue weighted by molar-refractivity contribution is 6.35. The molecule has 1 N–H and O–H groups in total. The number of aromatic nitrogens is 1. The van der Waals surface area contributed by atoms with E-state index in [1.54, 1.807) is 6.07 Å². The third kappa shape index (κ3) is 1.45. The molecule has 0 fully saturated rings. The molecule has 3 rings (SSSR count). The number of nitrogens with one attached hydrogen (secondary N) is 1. The van der Waals surface area contributed by atoms with Crippen LogP contribution < -0.4 is 5.43 Å². The van der Waals surface area contributed by atoms with Gasteiger partial charge in [0.05, 0.1) is 15.9 Å². The van der Waals surface area contributed by atoms with Crippen molar-refractivity contribution in [3.05, 3.63) is 57.2 Å². The standard InChI is InChI=1S/C14H10ClNO/c1-8-6-7-10(15)12-13(8)16-11-5-3-2-4-9(11)14(12)17/h2-7H,1H3,(H,16,17). The van der Waals surface area contributed by atoms with Crippen molar-refractivity contribution in [2.75, 3.05) is 0 Å². The molecule has 2 aromatic carbocycles. The van der Waals surface area contributed by atoms with Gasteiger partial charge in [0.2, 0.25) is 0 Å². The molecule has 0 spiro atoms. The van der Waals surface area contributed by atoms with Gasteiger partial charge in [-0.3, -0.25) is 4.79 Å². The number of hydrogen-bond acceptors (Lipinski definition) is 1. The Labute approximate surface area is 103 Å². The summed E-state index contributed by atoms with van der Waals surface area (Å²) in [4.78, 5) is 15.6. The van der Waals surface area contributed by atoms with Crippen molar-refractivity contribution in [3.8, 4) is 0 Å². The van der Waals surface area contributed by atoms with Gasteiger partial charge in [-0.2, -0.15) is 0 Å². The third-order valence-electron chi connectivity index (χ3n) is 3.02. The molecule has 1 heterocycles. The van der Waals surface area contributed by atoms with E-state index in [1.165, 1.54) is 0 Å². The summed E-state index contributed by atoms with van der Waals surface area (Å²) in [7, 11) is 0. The predicted octanol–water partition coefficient (Wildman–Crippen LogP) is 3.64. The van der Waals surface area contributed by atoms with Crippen LogP contribution in [0.2, 0.25) is 5.02 Å². The number of fused-ring (bicyclic) bond motifs is 2. The molecular weight excluding hydrogens is 234 g/mol. The maximum absolute atomic E-state index is 12.4. The molecule has 0 aliphatic heterocycles. The minimum Gasteiger partial charge on any atom is -0.354 e. The Morgan fingerprint density at radius 3 is 2.71 bits per heavy atom. The van der Waals surface area contributed by atoms with Crippen LogP contribution >= 0.6 is 11.6 Å². The summed E-state index contributed by atoms with van der Waals surface area (Å²) >= 11 is 6.11. The Bertz CT molecular complexity index is 789. The van der Waals surface area contributed by atoms with Crippen molar-refractivity contribution >= 4 is 33.4 Å². The van der Waals surface area contributed by atoms with Crippen LogP contribution in [0.4, 0.5) is 0 Å². The number of aryl methyl sites for hydroxylation is 1. The summed E-state index contributed by atoms with van der Waals surface area (Å²) in [5.74, 6) is 0. The first-order valence-electron chi connectivity index (χ1n) is 5.38. The quantitative estimate of drug-likeness (QED) is 0.601. The van der Waals surface area contributed by atoms with Crippen LogP contribution in [0.3, 0.4) is 0 Å². The molecule has 0 aliphatic rings. The second-order valence-electron chi connectivity index (χ2n) is 4.11. The molecule has 1 aromatic heterocycles. The molecule has 0 unspecified atom stereocenters. The molecule has 2 nitrogen and oxygen atoms in total. The van der Waals surface area contributed by atoms with Crippen LogP contribution in [0.15, 0.2) is 41.2 Å². The lowest BCUT2D eigenvalue weighted by molar-refractivity contribution is 1.41. The minimum absolute atomic E-state index is 0.0111. The number of pyridine rings is 1. The second kappa shape index (κ2) is 3.60. The zero-order valence-corrected chi connectivity index (χ0v) is 10.0. The van der Waals surface area contributed by atoms with Gasteiger partial charge in [0.25, 0.3) is 0 Å². The first-order valence-corrected chi connectivity index (χ1v) is 5.76. The van der Waals surface area contributed by atoms with Gasteiger partial charge in [0.1, 0.15) is 0 Å². The van der Waals surface area contributed by atoms with Gasteiger partial charge in [-0.15, -0.1) is 0 Å². The van der Waals surface area contributed by atoms with E-state index in [1.807, 2.05) is 37.3 Å². The summed E-state index contributed by atoms with van der Waals surface area (Å²) < 4.78 is 0. The van der Waals surface area contributed by atoms with Gasteiger partial charge < -0.3 is 4.98 Å². The lowest BCUT2D eigenvalue weighted by atomic mass is 10.1. The smallest absolute Gasteiger partial charge is 0.198 e. The largest absolute Gasteiger partial charge is 0.354 e. The van der Waals surface area contributed by atoms with Crippen LogP contribution in [-0.4, -0.2) is 4.98 Å². The topological polar surface area (TPSA) is 32.9 Å². The van der Waals surface area contributed by atoms with Crippen LogP contribution in [0.1, 0.15) is 5.56 Å². The Balaban J connectivity index is 2.69. The maximum atomic E-state index is 12.4. The van der Waals surface area contributed by atoms with Gasteiger partial charge in [-0.1, -0.05) is 29.8 Å². The molecule has 0 atom stereocenters. The van der Waals surface area contributed by atoms with Crippen LogP contribution in [0.25, 0.3) is 21.8 Å². The molecule has 84 valence electrons. The molecule has 0 saturated heterocycles. The SMILES string of the molecule is Cc1ccc(Cl)c2c(=O)c3ccccc3[nH]c12. The minimum atomic E-state index is -0.0111. The van der Waals surface area contributed by atoms with E-state index >= 15 is 0 Å². The number of rotatable bonds is 0. The third-order valence-corrected chi connectivity index (χ3v) is 3.34. The average Bonchev–Trinajstić information content (AvgIpc) is 2.34. The van der Waals surface area contributed by atoms with E-state index in [0.29, 0.717) is 15.8 Å². The molecule has 3 heteroatoms. The van der Waals surface area contributed by atoms with E-state index < -0.39 is 0 Å². The second-order valence-corrected chi connectivity index (χ2v) is 4.52. The fourth-order valence-corrected chi connectivity index (χ4v) is 2.37. The number of halogens is 1. The molecule has 3 aromatic rings. The van der Waals surface area contributed by atoms with E-state index in [9.17, 15) is 4.79 Å². The number of aromatic amines is 1. The lowest BCUT2D eigenvalue weighted by Gasteiger charge is -2.06. The predicted molar refractivity (Wildman–Crippen MR) is 71.8 cm³/mol. The van der Waals surface area contributed by atoms with Crippen LogP contribution in [-0.2, 0) is 0 Å². The molecule has 0 radical (unpaired) electrons. The van der Waals surface area contributed by atoms with E-state index in [0.717, 1.165) is 16.6 Å². The van der Waals surface area contributed by atoms with Gasteiger partial charge in [0.15, 0.2) is 5.43 Å². The molecule has 0 bridgehead atoms. The fraction of sp³-hybridized carbons (Fsp3) is 0.0714. The molecular formula is C14H10ClNO. The number of benzene rings is 2. The summed E-state index contributed by atoms with van der Waals surface area (Å²) in [5.41, 5.74) is 2.67. The summed E-state index contributed by atoms with van der Waals surface area (Å²) in [6, 6.07) is 11.2. The van der Waals surface area contributed by atoms with Crippen molar-refractivity contribution in [1.29, 1.82) is 0 Å². The van der Waals surface area contributed by atoms with Crippen molar-refractivity contribution < 1.29 is 0 Å². The van der Waals surface area contributed by atoms with Crippen LogP contribution in [0, 0.1) is 6.92 Å². The van der Waals surface area contributed by atoms with Gasteiger partial charge in [0, 0.05) is 10.9 Å². The van der Waals surface area contributed by atoms with Crippen molar-refractivity contribution in [1.82, 2.24) is 4.98 Å². The molecule has 17 heavy (non-hydrogen) atoms. The average molecular weight is 244 g/mol. The highest BCUT2D eigenvalue weighted by Gasteiger charge is 2.09. The first kappa shape index (κ1) is 10.4. The highest BCUT2D eigenvalue weighted by Crippen LogP contribution is 2.24. The lowest BCUT2D eigenvalue weighted by Crippen LogP contribution is -2.05. The van der Waals surface area contributed by atoms with E-state index in [-0.39, 0.29) is 5.43 Å². The Morgan fingerprint density at radius 1 is 1.12 bits per heavy atom. The van der Waals surface area contributed by atoms with Gasteiger partial charge >= 0.3 is 0 Å². The number of H-pyrrole nitrogens is 1. The Hall–Kier alpha value is -1.80. The van der Waals surface area contributed by atoms with Crippen molar-refractivity contribution in [3.63, 3.8) is 0 Å². The highest BCUT2D eigenvalue weighted by atomic mass is 35.5. The number of hydrogen-bond donors (Lipinski definition) is 1. The number of para-hydroxylation sites is 1. The maximum Gasteiger partial charge on any atom is 0.198 e. The summed E-state index contributed by atoms with van der Waals surface area (Å²) in [5, 5.41) is 1.75. The van der Waals surface area contributed by atoms with Gasteiger partial charge in [-0.25, -0.2) is 0 Å². The molecule has 0 aliphatic carbocycles. The monoisotopic (exact) mass is 243 g/mol. The van der Waals surface area contributed by atoms with E-state index in [4.69, 9.17) is 11.6 Å². The van der Waals surface area contributed by atoms with Crippen molar-refractivity contribution in [2.24, 2.45) is 0 Å². The fourth-order valence-electron chi connectivity index (χ4n) is 2.12. The van der Waals surface area contributed by atoms with Crippen LogP contribution in [0.5, 0.6) is 0 Å². The van der Waals surface area contributed by atoms with E-state index in [2.05, 4.69) is 4.98 Å². The zero-order valence-electron chi connectivity index (χ0n) is 9.25. The Morgan fingerprint density at radius 2 is 1.88 bits per heavy atom. The molecule has 0 amide bonds. The first-order chi connectivity index (χ1) is 8.18. The zero-order chi connectivity index (χ0) is 12.0. The van der Waals surface area contributed by atoms with Gasteiger partial charge in [-0.05, 0) is 30.7 Å². The Kier molecular flexibility index (Phi) is 2.20. The normalized spacial score (nSPS) is 11.2.